The van der Waals surface area contributed by atoms with Crippen LogP contribution in [0.3, 0.4) is 0 Å². The van der Waals surface area contributed by atoms with Gasteiger partial charge >= 0.3 is 0 Å². The molecule has 3 N–H and O–H groups in total. The Hall–Kier alpha value is -1.61. The number of nitriles is 3. The zero-order chi connectivity index (χ0) is 8.12. The van der Waals surface area contributed by atoms with Crippen LogP contribution in [0, 0.1) is 34.6 Å². The van der Waals surface area contributed by atoms with Crippen LogP contribution in [-0.4, -0.2) is 15.3 Å². The summed E-state index contributed by atoms with van der Waals surface area (Å²) in [6.45, 7) is 0. The smallest absolute Gasteiger partial charge is 0.283 e. The van der Waals surface area contributed by atoms with Gasteiger partial charge in [-0.2, -0.15) is 15.8 Å². The summed E-state index contributed by atoms with van der Waals surface area (Å²) in [7, 11) is 0. The molecule has 0 rings (SSSR count). The molecule has 10 heavy (non-hydrogen) atoms. The van der Waals surface area contributed by atoms with Crippen LogP contribution in [0.15, 0.2) is 0 Å². The minimum Gasteiger partial charge on any atom is -0.443 e. The first-order valence-electron chi connectivity index (χ1n) is 1.34. The number of aliphatic hydroxyl groups excluding tert-OH is 3. The van der Waals surface area contributed by atoms with E-state index in [0.29, 0.717) is 0 Å². The molecule has 0 fully saturated rings. The van der Waals surface area contributed by atoms with Gasteiger partial charge in [-0.3, -0.25) is 0 Å². The van der Waals surface area contributed by atoms with Crippen molar-refractivity contribution in [3.8, 4) is 18.8 Å². The SMILES string of the molecule is N#CO.N#CO.N#CO.[Cu]. The molecule has 0 saturated heterocycles. The van der Waals surface area contributed by atoms with Gasteiger partial charge in [0.05, 0.1) is 0 Å². The summed E-state index contributed by atoms with van der Waals surface area (Å²) >= 11 is 0. The molecule has 0 aliphatic heterocycles. The molecule has 0 aromatic heterocycles. The molecule has 0 saturated carbocycles. The average molecular weight is 193 g/mol. The third-order valence-electron chi connectivity index (χ3n) is 0. The van der Waals surface area contributed by atoms with Gasteiger partial charge in [0.15, 0.2) is 0 Å². The third kappa shape index (κ3) is 71.6. The number of aliphatic hydroxyl groups is 3. The Labute approximate surface area is 67.6 Å². The van der Waals surface area contributed by atoms with Gasteiger partial charge in [0.1, 0.15) is 0 Å². The molecule has 0 heterocycles. The van der Waals surface area contributed by atoms with Crippen molar-refractivity contribution in [2.24, 2.45) is 0 Å². The Morgan fingerprint density at radius 1 is 0.700 bits per heavy atom. The summed E-state index contributed by atoms with van der Waals surface area (Å²) in [6, 6.07) is 0. The second kappa shape index (κ2) is 156. The maximum Gasteiger partial charge on any atom is 0.283 e. The van der Waals surface area contributed by atoms with Crippen molar-refractivity contribution in [3.63, 3.8) is 0 Å². The van der Waals surface area contributed by atoms with Crippen molar-refractivity contribution < 1.29 is 32.4 Å². The number of rotatable bonds is 0. The molecule has 7 heteroatoms. The van der Waals surface area contributed by atoms with Gasteiger partial charge in [-0.1, -0.05) is 0 Å². The molecule has 0 atom stereocenters. The van der Waals surface area contributed by atoms with Crippen molar-refractivity contribution in [1.29, 1.82) is 15.8 Å². The molecule has 1 radical (unpaired) electrons. The molecule has 0 spiro atoms. The largest absolute Gasteiger partial charge is 0.443 e. The maximum atomic E-state index is 6.88. The van der Waals surface area contributed by atoms with Crippen molar-refractivity contribution >= 4 is 0 Å². The molecule has 0 bridgehead atoms. The van der Waals surface area contributed by atoms with Crippen molar-refractivity contribution in [2.75, 3.05) is 0 Å². The van der Waals surface area contributed by atoms with Crippen LogP contribution in [-0.2, 0) is 17.1 Å². The summed E-state index contributed by atoms with van der Waals surface area (Å²) in [5.41, 5.74) is 0. The molecule has 0 aromatic rings. The summed E-state index contributed by atoms with van der Waals surface area (Å²) < 4.78 is 0. The zero-order valence-electron chi connectivity index (χ0n) is 4.48. The molecule has 59 valence electrons. The Morgan fingerprint density at radius 2 is 0.700 bits per heavy atom. The molecular weight excluding hydrogens is 190 g/mol. The fourth-order valence-electron chi connectivity index (χ4n) is 0. The van der Waals surface area contributed by atoms with Gasteiger partial charge in [0, 0.05) is 17.1 Å². The first-order chi connectivity index (χ1) is 4.24. The molecular formula is C3H3CuN3O3. The predicted molar refractivity (Wildman–Crippen MR) is 22.6 cm³/mol. The number of hydrogen-bond donors (Lipinski definition) is 3. The van der Waals surface area contributed by atoms with E-state index < -0.39 is 0 Å². The van der Waals surface area contributed by atoms with Gasteiger partial charge in [-0.05, 0) is 0 Å². The quantitative estimate of drug-likeness (QED) is 0.351. The first kappa shape index (κ1) is 23.8. The van der Waals surface area contributed by atoms with E-state index in [1.807, 2.05) is 0 Å². The van der Waals surface area contributed by atoms with E-state index in [2.05, 4.69) is 0 Å². The maximum absolute atomic E-state index is 6.88. The molecule has 0 aromatic carbocycles. The van der Waals surface area contributed by atoms with Crippen LogP contribution in [0.4, 0.5) is 0 Å². The van der Waals surface area contributed by atoms with E-state index in [1.54, 1.807) is 0 Å². The van der Waals surface area contributed by atoms with E-state index in [9.17, 15) is 0 Å². The second-order valence-electron chi connectivity index (χ2n) is 0.300. The summed E-state index contributed by atoms with van der Waals surface area (Å²) in [5.74, 6) is 0. The minimum absolute atomic E-state index is 0. The van der Waals surface area contributed by atoms with Gasteiger partial charge in [0.2, 0.25) is 0 Å². The van der Waals surface area contributed by atoms with Gasteiger partial charge in [0.25, 0.3) is 18.8 Å². The second-order valence-corrected chi connectivity index (χ2v) is 0.300. The van der Waals surface area contributed by atoms with Crippen LogP contribution in [0.1, 0.15) is 0 Å². The monoisotopic (exact) mass is 192 g/mol. The fraction of sp³-hybridized carbons (Fsp3) is 0. The first-order valence-corrected chi connectivity index (χ1v) is 1.34. The van der Waals surface area contributed by atoms with Crippen LogP contribution in [0.25, 0.3) is 0 Å². The Bertz CT molecular complexity index is 112. The van der Waals surface area contributed by atoms with Gasteiger partial charge in [-0.25, -0.2) is 0 Å². The van der Waals surface area contributed by atoms with E-state index in [1.165, 1.54) is 0 Å². The van der Waals surface area contributed by atoms with E-state index in [0.717, 1.165) is 18.8 Å². The summed E-state index contributed by atoms with van der Waals surface area (Å²) in [5, 5.41) is 41.2. The average Bonchev–Trinajstić information content (AvgIpc) is 1.70. The Morgan fingerprint density at radius 3 is 0.700 bits per heavy atom. The van der Waals surface area contributed by atoms with Crippen LogP contribution >= 0.6 is 0 Å². The van der Waals surface area contributed by atoms with Gasteiger partial charge in [-0.15, -0.1) is 0 Å². The van der Waals surface area contributed by atoms with Crippen LogP contribution < -0.4 is 0 Å². The van der Waals surface area contributed by atoms with Crippen molar-refractivity contribution in [1.82, 2.24) is 0 Å². The van der Waals surface area contributed by atoms with Crippen LogP contribution in [0.2, 0.25) is 0 Å². The minimum atomic E-state index is 0. The number of hydrogen-bond acceptors (Lipinski definition) is 6. The standard InChI is InChI=1S/3CHNO.Cu/c3*2-1-3;/h3*3H;. The topological polar surface area (TPSA) is 132 Å². The van der Waals surface area contributed by atoms with E-state index in [-0.39, 0.29) is 17.1 Å². The van der Waals surface area contributed by atoms with Crippen molar-refractivity contribution in [3.05, 3.63) is 0 Å². The Kier molecular flexibility index (Phi) is 372. The van der Waals surface area contributed by atoms with Gasteiger partial charge < -0.3 is 15.3 Å². The Balaban J connectivity index is -0.0000000257. The number of nitrogens with zero attached hydrogens (tertiary/aromatic N) is 3. The molecule has 6 nitrogen and oxygen atoms in total. The summed E-state index contributed by atoms with van der Waals surface area (Å²) in [6.07, 6.45) is 2.25. The molecule has 0 amide bonds. The van der Waals surface area contributed by atoms with Crippen molar-refractivity contribution in [2.45, 2.75) is 0 Å². The fourth-order valence-corrected chi connectivity index (χ4v) is 0. The predicted octanol–water partition coefficient (Wildman–Crippen LogP) is -0.483. The van der Waals surface area contributed by atoms with E-state index in [4.69, 9.17) is 31.1 Å². The molecule has 0 aliphatic rings. The summed E-state index contributed by atoms with van der Waals surface area (Å²) in [4.78, 5) is 0. The zero-order valence-corrected chi connectivity index (χ0v) is 5.43. The normalized spacial score (nSPS) is 2.10. The van der Waals surface area contributed by atoms with E-state index >= 15 is 0 Å². The molecule has 0 aliphatic carbocycles. The third-order valence-corrected chi connectivity index (χ3v) is 0. The van der Waals surface area contributed by atoms with Crippen LogP contribution in [0.5, 0.6) is 0 Å². The molecule has 0 unspecified atom stereocenters.